The normalized spacial score (nSPS) is 12.7. The van der Waals surface area contributed by atoms with Gasteiger partial charge in [-0.1, -0.05) is 27.5 Å². The molecular weight excluding hydrogens is 358 g/mol. The number of rotatable bonds is 4. The zero-order valence-corrected chi connectivity index (χ0v) is 15.3. The second-order valence-electron chi connectivity index (χ2n) is 5.84. The first-order valence-electron chi connectivity index (χ1n) is 6.67. The van der Waals surface area contributed by atoms with Crippen LogP contribution in [0.1, 0.15) is 33.3 Å². The Hall–Kier alpha value is -0.940. The van der Waals surface area contributed by atoms with Crippen LogP contribution in [0.5, 0.6) is 5.75 Å². The summed E-state index contributed by atoms with van der Waals surface area (Å²) in [6, 6.07) is 3.70. The highest BCUT2D eigenvalue weighted by molar-refractivity contribution is 9.10. The number of nitrogens with one attached hydrogen (secondary N) is 1. The molecule has 0 aliphatic heterocycles. The van der Waals surface area contributed by atoms with Crippen molar-refractivity contribution in [3.05, 3.63) is 27.2 Å². The van der Waals surface area contributed by atoms with E-state index in [-0.39, 0.29) is 6.10 Å². The number of aryl methyl sites for hydroxylation is 1. The lowest BCUT2D eigenvalue weighted by molar-refractivity contribution is 0.0505. The maximum Gasteiger partial charge on any atom is 0.407 e. The number of hydrogen-bond acceptors (Lipinski definition) is 3. The molecule has 21 heavy (non-hydrogen) atoms. The molecule has 0 fully saturated rings. The quantitative estimate of drug-likeness (QED) is 0.826. The number of hydrogen-bond donors (Lipinski definition) is 1. The van der Waals surface area contributed by atoms with Crippen LogP contribution in [0, 0.1) is 6.92 Å². The molecule has 1 aromatic rings. The minimum Gasteiger partial charge on any atom is -0.487 e. The minimum atomic E-state index is -0.514. The van der Waals surface area contributed by atoms with E-state index in [4.69, 9.17) is 21.1 Å². The van der Waals surface area contributed by atoms with E-state index in [0.717, 1.165) is 10.0 Å². The molecule has 0 spiro atoms. The summed E-state index contributed by atoms with van der Waals surface area (Å²) >= 11 is 9.54. The number of benzene rings is 1. The molecule has 0 heterocycles. The third kappa shape index (κ3) is 6.57. The highest BCUT2D eigenvalue weighted by atomic mass is 79.9. The fraction of sp³-hybridized carbons (Fsp3) is 0.533. The monoisotopic (exact) mass is 377 g/mol. The Morgan fingerprint density at radius 3 is 2.57 bits per heavy atom. The first-order valence-corrected chi connectivity index (χ1v) is 7.84. The van der Waals surface area contributed by atoms with Crippen LogP contribution in [0.3, 0.4) is 0 Å². The van der Waals surface area contributed by atoms with Gasteiger partial charge in [-0.25, -0.2) is 4.79 Å². The van der Waals surface area contributed by atoms with Crippen molar-refractivity contribution in [1.82, 2.24) is 5.32 Å². The Morgan fingerprint density at radius 1 is 1.43 bits per heavy atom. The molecule has 0 radical (unpaired) electrons. The van der Waals surface area contributed by atoms with Crippen molar-refractivity contribution < 1.29 is 14.3 Å². The summed E-state index contributed by atoms with van der Waals surface area (Å²) in [5, 5.41) is 3.20. The molecule has 4 nitrogen and oxygen atoms in total. The highest BCUT2D eigenvalue weighted by Gasteiger charge is 2.17. The second kappa shape index (κ2) is 7.36. The predicted octanol–water partition coefficient (Wildman–Crippen LogP) is 4.70. The van der Waals surface area contributed by atoms with Crippen LogP contribution in [-0.4, -0.2) is 24.3 Å². The fourth-order valence-corrected chi connectivity index (χ4v) is 2.64. The first-order chi connectivity index (χ1) is 9.58. The highest BCUT2D eigenvalue weighted by Crippen LogP contribution is 2.32. The molecule has 1 amide bonds. The Kier molecular flexibility index (Phi) is 6.35. The van der Waals surface area contributed by atoms with Crippen molar-refractivity contribution in [2.75, 3.05) is 6.54 Å². The topological polar surface area (TPSA) is 47.6 Å². The maximum absolute atomic E-state index is 11.6. The van der Waals surface area contributed by atoms with Gasteiger partial charge in [-0.3, -0.25) is 0 Å². The van der Waals surface area contributed by atoms with Gasteiger partial charge in [0.2, 0.25) is 0 Å². The van der Waals surface area contributed by atoms with E-state index in [0.29, 0.717) is 17.3 Å². The van der Waals surface area contributed by atoms with E-state index in [1.165, 1.54) is 0 Å². The van der Waals surface area contributed by atoms with Crippen LogP contribution in [0.15, 0.2) is 16.6 Å². The van der Waals surface area contributed by atoms with Gasteiger partial charge in [-0.05, 0) is 52.3 Å². The largest absolute Gasteiger partial charge is 0.487 e. The van der Waals surface area contributed by atoms with Gasteiger partial charge in [0.1, 0.15) is 17.5 Å². The molecule has 6 heteroatoms. The lowest BCUT2D eigenvalue weighted by atomic mass is 10.2. The molecular formula is C15H21BrClNO3. The number of carbonyl (C=O) groups excluding carboxylic acids is 1. The van der Waals surface area contributed by atoms with Gasteiger partial charge >= 0.3 is 6.09 Å². The van der Waals surface area contributed by atoms with Crippen LogP contribution in [0.2, 0.25) is 5.02 Å². The molecule has 0 bridgehead atoms. The summed E-state index contributed by atoms with van der Waals surface area (Å²) < 4.78 is 11.9. The molecule has 0 saturated carbocycles. The van der Waals surface area contributed by atoms with Gasteiger partial charge in [-0.2, -0.15) is 0 Å². The fourth-order valence-electron chi connectivity index (χ4n) is 1.62. The number of alkyl carbamates (subject to hydrolysis) is 1. The summed E-state index contributed by atoms with van der Waals surface area (Å²) in [5.41, 5.74) is 0.415. The summed E-state index contributed by atoms with van der Waals surface area (Å²) in [4.78, 5) is 11.6. The lowest BCUT2D eigenvalue weighted by Crippen LogP contribution is -2.37. The van der Waals surface area contributed by atoms with Crippen molar-refractivity contribution in [2.24, 2.45) is 0 Å². The number of ether oxygens (including phenoxy) is 2. The summed E-state index contributed by atoms with van der Waals surface area (Å²) in [6.07, 6.45) is -0.688. The predicted molar refractivity (Wildman–Crippen MR) is 88.2 cm³/mol. The molecule has 1 rings (SSSR count). The van der Waals surface area contributed by atoms with E-state index >= 15 is 0 Å². The summed E-state index contributed by atoms with van der Waals surface area (Å²) in [5.74, 6) is 0.623. The molecule has 0 aliphatic carbocycles. The summed E-state index contributed by atoms with van der Waals surface area (Å²) in [6.45, 7) is 9.56. The molecule has 1 unspecified atom stereocenters. The summed E-state index contributed by atoms with van der Waals surface area (Å²) in [7, 11) is 0. The lowest BCUT2D eigenvalue weighted by Gasteiger charge is -2.22. The van der Waals surface area contributed by atoms with Gasteiger partial charge in [0.15, 0.2) is 0 Å². The zero-order chi connectivity index (χ0) is 16.2. The Balaban J connectivity index is 2.55. The molecule has 1 aromatic carbocycles. The van der Waals surface area contributed by atoms with Gasteiger partial charge < -0.3 is 14.8 Å². The third-order valence-electron chi connectivity index (χ3n) is 2.45. The van der Waals surface area contributed by atoms with E-state index in [9.17, 15) is 4.79 Å². The number of carbonyl (C=O) groups is 1. The third-order valence-corrected chi connectivity index (χ3v) is 3.18. The van der Waals surface area contributed by atoms with Crippen molar-refractivity contribution in [3.8, 4) is 5.75 Å². The first kappa shape index (κ1) is 18.1. The van der Waals surface area contributed by atoms with Gasteiger partial charge in [0.05, 0.1) is 11.6 Å². The average molecular weight is 379 g/mol. The van der Waals surface area contributed by atoms with E-state index in [2.05, 4.69) is 21.2 Å². The van der Waals surface area contributed by atoms with Crippen LogP contribution in [0.4, 0.5) is 4.79 Å². The number of halogens is 2. The smallest absolute Gasteiger partial charge is 0.407 e. The molecule has 118 valence electrons. The van der Waals surface area contributed by atoms with Crippen LogP contribution in [-0.2, 0) is 4.74 Å². The SMILES string of the molecule is Cc1cc(Br)cc(Cl)c1OC(C)CNC(=O)OC(C)(C)C. The Labute approximate surface area is 139 Å². The Morgan fingerprint density at radius 2 is 2.05 bits per heavy atom. The van der Waals surface area contributed by atoms with E-state index in [1.807, 2.05) is 40.7 Å². The van der Waals surface area contributed by atoms with Crippen LogP contribution in [0.25, 0.3) is 0 Å². The van der Waals surface area contributed by atoms with Gasteiger partial charge in [0, 0.05) is 4.47 Å². The number of amides is 1. The van der Waals surface area contributed by atoms with Gasteiger partial charge in [0.25, 0.3) is 0 Å². The Bertz CT molecular complexity index is 491. The van der Waals surface area contributed by atoms with Crippen molar-refractivity contribution in [2.45, 2.75) is 46.3 Å². The molecule has 0 saturated heterocycles. The molecule has 0 aliphatic rings. The zero-order valence-electron chi connectivity index (χ0n) is 12.9. The van der Waals surface area contributed by atoms with E-state index < -0.39 is 11.7 Å². The maximum atomic E-state index is 11.6. The molecule has 0 aromatic heterocycles. The average Bonchev–Trinajstić information content (AvgIpc) is 2.29. The van der Waals surface area contributed by atoms with Crippen molar-refractivity contribution in [1.29, 1.82) is 0 Å². The van der Waals surface area contributed by atoms with Crippen molar-refractivity contribution in [3.63, 3.8) is 0 Å². The molecule has 1 atom stereocenters. The standard InChI is InChI=1S/C15H21BrClNO3/c1-9-6-11(16)7-12(17)13(9)20-10(2)8-18-14(19)21-15(3,4)5/h6-7,10H,8H2,1-5H3,(H,18,19). The molecule has 1 N–H and O–H groups in total. The second-order valence-corrected chi connectivity index (χ2v) is 7.17. The van der Waals surface area contributed by atoms with Gasteiger partial charge in [-0.15, -0.1) is 0 Å². The van der Waals surface area contributed by atoms with Crippen LogP contribution >= 0.6 is 27.5 Å². The van der Waals surface area contributed by atoms with Crippen LogP contribution < -0.4 is 10.1 Å². The van der Waals surface area contributed by atoms with Crippen molar-refractivity contribution >= 4 is 33.6 Å². The minimum absolute atomic E-state index is 0.227. The van der Waals surface area contributed by atoms with E-state index in [1.54, 1.807) is 6.07 Å².